The van der Waals surface area contributed by atoms with Gasteiger partial charge in [-0.25, -0.2) is 4.90 Å². The largest absolute Gasteiger partial charge is 0.351 e. The molecule has 1 aliphatic heterocycles. The first-order valence-corrected chi connectivity index (χ1v) is 8.43. The topological polar surface area (TPSA) is 40.6 Å². The number of amides is 2. The summed E-state index contributed by atoms with van der Waals surface area (Å²) in [6.07, 6.45) is 0. The fraction of sp³-hybridized carbons (Fsp3) is 0.222. The molecule has 0 spiro atoms. The fourth-order valence-corrected chi connectivity index (χ4v) is 3.82. The lowest BCUT2D eigenvalue weighted by molar-refractivity contribution is -0.117. The molecular formula is C18H18N2O2S. The van der Waals surface area contributed by atoms with Gasteiger partial charge in [-0.2, -0.15) is 0 Å². The van der Waals surface area contributed by atoms with Gasteiger partial charge in [0.05, 0.1) is 5.69 Å². The summed E-state index contributed by atoms with van der Waals surface area (Å²) in [5, 5.41) is -0.738. The first kappa shape index (κ1) is 15.6. The van der Waals surface area contributed by atoms with Gasteiger partial charge in [0.15, 0.2) is 5.37 Å². The third-order valence-corrected chi connectivity index (χ3v) is 4.96. The van der Waals surface area contributed by atoms with Crippen molar-refractivity contribution in [3.63, 3.8) is 0 Å². The van der Waals surface area contributed by atoms with E-state index in [2.05, 4.69) is 0 Å². The van der Waals surface area contributed by atoms with E-state index in [4.69, 9.17) is 0 Å². The first-order valence-electron chi connectivity index (χ1n) is 7.55. The molecular weight excluding hydrogens is 308 g/mol. The van der Waals surface area contributed by atoms with Crippen LogP contribution in [-0.4, -0.2) is 23.1 Å². The summed E-state index contributed by atoms with van der Waals surface area (Å²) in [7, 11) is 0. The molecule has 2 amide bonds. The second-order valence-corrected chi connectivity index (χ2v) is 6.35. The Labute approximate surface area is 140 Å². The molecule has 1 aliphatic rings. The number of carbonyl (C=O) groups is 2. The van der Waals surface area contributed by atoms with Crippen LogP contribution in [0.3, 0.4) is 0 Å². The van der Waals surface area contributed by atoms with E-state index < -0.39 is 5.37 Å². The van der Waals surface area contributed by atoms with Crippen molar-refractivity contribution in [2.45, 2.75) is 19.2 Å². The van der Waals surface area contributed by atoms with Crippen molar-refractivity contribution in [2.24, 2.45) is 0 Å². The maximum absolute atomic E-state index is 12.9. The van der Waals surface area contributed by atoms with Crippen LogP contribution in [0.25, 0.3) is 0 Å². The van der Waals surface area contributed by atoms with Crippen LogP contribution in [0.4, 0.5) is 16.2 Å². The third kappa shape index (κ3) is 2.84. The molecule has 5 heteroatoms. The van der Waals surface area contributed by atoms with Gasteiger partial charge in [0.2, 0.25) is 0 Å². The number of hydrogen-bond donors (Lipinski definition) is 0. The normalized spacial score (nSPS) is 17.7. The van der Waals surface area contributed by atoms with Gasteiger partial charge in [-0.3, -0.25) is 9.59 Å². The van der Waals surface area contributed by atoms with Crippen LogP contribution >= 0.6 is 11.8 Å². The highest BCUT2D eigenvalue weighted by Crippen LogP contribution is 2.36. The molecule has 1 fully saturated rings. The average Bonchev–Trinajstić information content (AvgIpc) is 2.85. The number of benzene rings is 2. The molecule has 1 saturated heterocycles. The molecule has 0 bridgehead atoms. The van der Waals surface area contributed by atoms with Crippen molar-refractivity contribution in [3.8, 4) is 0 Å². The Balaban J connectivity index is 1.93. The van der Waals surface area contributed by atoms with Gasteiger partial charge in [0.1, 0.15) is 0 Å². The molecule has 2 aromatic carbocycles. The molecule has 118 valence electrons. The molecule has 0 unspecified atom stereocenters. The zero-order chi connectivity index (χ0) is 16.4. The van der Waals surface area contributed by atoms with Gasteiger partial charge in [0.25, 0.3) is 11.1 Å². The average molecular weight is 326 g/mol. The van der Waals surface area contributed by atoms with E-state index in [1.165, 1.54) is 4.90 Å². The number of nitrogens with zero attached hydrogens (tertiary/aromatic N) is 2. The molecule has 3 rings (SSSR count). The van der Waals surface area contributed by atoms with E-state index in [-0.39, 0.29) is 11.1 Å². The molecule has 0 radical (unpaired) electrons. The van der Waals surface area contributed by atoms with Crippen LogP contribution in [0.1, 0.15) is 12.5 Å². The van der Waals surface area contributed by atoms with Crippen molar-refractivity contribution in [2.75, 3.05) is 16.3 Å². The number of imide groups is 1. The lowest BCUT2D eigenvalue weighted by atomic mass is 10.2. The Kier molecular flexibility index (Phi) is 4.39. The van der Waals surface area contributed by atoms with Crippen LogP contribution in [0.5, 0.6) is 0 Å². The Hall–Kier alpha value is -2.27. The fourth-order valence-electron chi connectivity index (χ4n) is 2.73. The van der Waals surface area contributed by atoms with Crippen molar-refractivity contribution >= 4 is 34.3 Å². The Bertz CT molecular complexity index is 733. The summed E-state index contributed by atoms with van der Waals surface area (Å²) in [4.78, 5) is 28.6. The van der Waals surface area contributed by atoms with Crippen LogP contribution in [0.2, 0.25) is 0 Å². The van der Waals surface area contributed by atoms with Gasteiger partial charge in [-0.05, 0) is 49.4 Å². The van der Waals surface area contributed by atoms with Gasteiger partial charge >= 0.3 is 0 Å². The first-order chi connectivity index (χ1) is 11.1. The minimum absolute atomic E-state index is 0.181. The van der Waals surface area contributed by atoms with E-state index in [1.807, 2.05) is 73.3 Å². The zero-order valence-electron chi connectivity index (χ0n) is 13.1. The van der Waals surface area contributed by atoms with E-state index >= 15 is 0 Å². The number of anilines is 2. The lowest BCUT2D eigenvalue weighted by Crippen LogP contribution is -2.41. The number of para-hydroxylation sites is 2. The maximum Gasteiger partial charge on any atom is 0.295 e. The molecule has 0 saturated carbocycles. The number of carbonyl (C=O) groups excluding carboxylic acids is 2. The minimum atomic E-state index is -0.519. The van der Waals surface area contributed by atoms with E-state index in [0.29, 0.717) is 12.2 Å². The number of likely N-dealkylation sites (N-methyl/N-ethyl adjacent to an activating group) is 1. The van der Waals surface area contributed by atoms with Gasteiger partial charge in [-0.15, -0.1) is 0 Å². The summed E-state index contributed by atoms with van der Waals surface area (Å²) in [5.74, 6) is -0.181. The zero-order valence-corrected chi connectivity index (χ0v) is 13.9. The second kappa shape index (κ2) is 6.46. The molecule has 0 aliphatic carbocycles. The second-order valence-electron chi connectivity index (χ2n) is 5.32. The smallest absolute Gasteiger partial charge is 0.295 e. The van der Waals surface area contributed by atoms with Crippen molar-refractivity contribution in [3.05, 3.63) is 60.2 Å². The van der Waals surface area contributed by atoms with E-state index in [0.717, 1.165) is 23.0 Å². The quantitative estimate of drug-likeness (QED) is 0.850. The summed E-state index contributed by atoms with van der Waals surface area (Å²) >= 11 is 1.08. The summed E-state index contributed by atoms with van der Waals surface area (Å²) < 4.78 is 0. The standard InChI is InChI=1S/C18H18N2O2S/c1-3-19(14-10-5-4-6-11-14)17-16(21)20(18(22)23-17)15-12-8-7-9-13(15)2/h4-12,17H,3H2,1-2H3/t17-/m1/s1. The van der Waals surface area contributed by atoms with Crippen LogP contribution < -0.4 is 9.80 Å². The summed E-state index contributed by atoms with van der Waals surface area (Å²) in [6.45, 7) is 4.55. The Morgan fingerprint density at radius 1 is 1.04 bits per heavy atom. The molecule has 1 heterocycles. The number of thioether (sulfide) groups is 1. The van der Waals surface area contributed by atoms with Crippen molar-refractivity contribution < 1.29 is 9.59 Å². The number of aryl methyl sites for hydroxylation is 1. The van der Waals surface area contributed by atoms with Gasteiger partial charge in [0, 0.05) is 12.2 Å². The highest BCUT2D eigenvalue weighted by molar-refractivity contribution is 8.16. The van der Waals surface area contributed by atoms with Crippen molar-refractivity contribution in [1.29, 1.82) is 0 Å². The Morgan fingerprint density at radius 2 is 1.70 bits per heavy atom. The predicted octanol–water partition coefficient (Wildman–Crippen LogP) is 4.05. The highest BCUT2D eigenvalue weighted by atomic mass is 32.2. The lowest BCUT2D eigenvalue weighted by Gasteiger charge is -2.27. The minimum Gasteiger partial charge on any atom is -0.351 e. The van der Waals surface area contributed by atoms with Crippen LogP contribution in [-0.2, 0) is 4.79 Å². The monoisotopic (exact) mass is 326 g/mol. The Morgan fingerprint density at radius 3 is 2.35 bits per heavy atom. The molecule has 0 N–H and O–H groups in total. The molecule has 1 atom stereocenters. The van der Waals surface area contributed by atoms with Gasteiger partial charge in [-0.1, -0.05) is 36.4 Å². The number of rotatable bonds is 4. The predicted molar refractivity (Wildman–Crippen MR) is 94.9 cm³/mol. The maximum atomic E-state index is 12.9. The van der Waals surface area contributed by atoms with Crippen LogP contribution in [0.15, 0.2) is 54.6 Å². The molecule has 4 nitrogen and oxygen atoms in total. The van der Waals surface area contributed by atoms with Crippen LogP contribution in [0, 0.1) is 6.92 Å². The number of hydrogen-bond acceptors (Lipinski definition) is 4. The van der Waals surface area contributed by atoms with Gasteiger partial charge < -0.3 is 4.90 Å². The molecule has 2 aromatic rings. The molecule has 0 aromatic heterocycles. The van der Waals surface area contributed by atoms with E-state index in [1.54, 1.807) is 0 Å². The SMILES string of the molecule is CCN(c1ccccc1)[C@@H]1SC(=O)N(c2ccccc2C)C1=O. The highest BCUT2D eigenvalue weighted by Gasteiger charge is 2.44. The van der Waals surface area contributed by atoms with E-state index in [9.17, 15) is 9.59 Å². The molecule has 23 heavy (non-hydrogen) atoms. The summed E-state index contributed by atoms with van der Waals surface area (Å²) in [5.41, 5.74) is 2.53. The summed E-state index contributed by atoms with van der Waals surface area (Å²) in [6, 6.07) is 17.2. The van der Waals surface area contributed by atoms with Crippen molar-refractivity contribution in [1.82, 2.24) is 0 Å². The third-order valence-electron chi connectivity index (χ3n) is 3.89.